The number of rotatable bonds is 2. The molecule has 0 bridgehead atoms. The molecule has 2 saturated heterocycles. The molecule has 3 heterocycles. The Morgan fingerprint density at radius 1 is 1.25 bits per heavy atom. The largest absolute Gasteiger partial charge is 0.437 e. The number of aromatic nitrogens is 2. The van der Waals surface area contributed by atoms with E-state index in [1.54, 1.807) is 18.1 Å². The van der Waals surface area contributed by atoms with Gasteiger partial charge in [0.1, 0.15) is 0 Å². The van der Waals surface area contributed by atoms with E-state index >= 15 is 0 Å². The molecule has 1 spiro atoms. The zero-order valence-corrected chi connectivity index (χ0v) is 16.4. The number of amides is 2. The van der Waals surface area contributed by atoms with Crippen molar-refractivity contribution in [3.63, 3.8) is 0 Å². The average Bonchev–Trinajstić information content (AvgIpc) is 3.17. The van der Waals surface area contributed by atoms with Crippen LogP contribution in [0.1, 0.15) is 43.0 Å². The summed E-state index contributed by atoms with van der Waals surface area (Å²) in [6.45, 7) is 1.83. The number of nitrogens with zero attached hydrogens (tertiary/aromatic N) is 4. The predicted molar refractivity (Wildman–Crippen MR) is 94.0 cm³/mol. The molecule has 28 heavy (non-hydrogen) atoms. The number of ether oxygens (including phenoxy) is 1. The van der Waals surface area contributed by atoms with Gasteiger partial charge in [0.25, 0.3) is 5.91 Å². The Morgan fingerprint density at radius 3 is 2.43 bits per heavy atom. The minimum atomic E-state index is -4.59. The summed E-state index contributed by atoms with van der Waals surface area (Å²) >= 11 is 6.05. The molecule has 2 amide bonds. The van der Waals surface area contributed by atoms with Gasteiger partial charge in [-0.2, -0.15) is 18.3 Å². The van der Waals surface area contributed by atoms with E-state index in [4.69, 9.17) is 11.6 Å². The van der Waals surface area contributed by atoms with Crippen LogP contribution in [0.2, 0.25) is 5.15 Å². The summed E-state index contributed by atoms with van der Waals surface area (Å²) in [5.74, 6) is -0.211. The molecule has 11 heteroatoms. The fraction of sp³-hybridized carbons (Fsp3) is 0.706. The van der Waals surface area contributed by atoms with Crippen molar-refractivity contribution in [2.75, 3.05) is 19.6 Å². The van der Waals surface area contributed by atoms with Crippen LogP contribution in [-0.4, -0.2) is 69.0 Å². The molecule has 1 aromatic heterocycles. The second kappa shape index (κ2) is 7.46. The van der Waals surface area contributed by atoms with Crippen LogP contribution in [0, 0.1) is 0 Å². The standard InChI is InChI=1S/C17H22ClF3N4O3/c1-11(17(19,20)21)28-15(27)24-8-5-16(6-9-24)4-3-7-25(16)14(26)12-10-23(2)22-13(12)18/h10-11H,3-9H2,1-2H3. The molecule has 7 nitrogen and oxygen atoms in total. The molecule has 0 N–H and O–H groups in total. The van der Waals surface area contributed by atoms with Crippen LogP contribution in [-0.2, 0) is 11.8 Å². The number of piperidine rings is 1. The lowest BCUT2D eigenvalue weighted by Gasteiger charge is -2.44. The molecular weight excluding hydrogens is 401 g/mol. The van der Waals surface area contributed by atoms with E-state index in [9.17, 15) is 22.8 Å². The fourth-order valence-electron chi connectivity index (χ4n) is 3.92. The van der Waals surface area contributed by atoms with Gasteiger partial charge >= 0.3 is 12.3 Å². The number of carbonyl (C=O) groups is 2. The van der Waals surface area contributed by atoms with E-state index in [-0.39, 0.29) is 24.1 Å². The SMILES string of the molecule is CC(OC(=O)N1CCC2(CCCN2C(=O)c2cn(C)nc2Cl)CC1)C(F)(F)F. The van der Waals surface area contributed by atoms with Gasteiger partial charge in [0.2, 0.25) is 0 Å². The fourth-order valence-corrected chi connectivity index (χ4v) is 4.17. The summed E-state index contributed by atoms with van der Waals surface area (Å²) in [5, 5.41) is 4.13. The summed E-state index contributed by atoms with van der Waals surface area (Å²) in [4.78, 5) is 28.1. The number of likely N-dealkylation sites (tertiary alicyclic amines) is 2. The maximum absolute atomic E-state index is 13.0. The van der Waals surface area contributed by atoms with Crippen molar-refractivity contribution in [2.24, 2.45) is 7.05 Å². The lowest BCUT2D eigenvalue weighted by atomic mass is 9.85. The quantitative estimate of drug-likeness (QED) is 0.733. The Labute approximate surface area is 165 Å². The molecule has 0 aliphatic carbocycles. The highest BCUT2D eigenvalue weighted by atomic mass is 35.5. The maximum Gasteiger partial charge on any atom is 0.425 e. The van der Waals surface area contributed by atoms with Crippen molar-refractivity contribution in [1.29, 1.82) is 0 Å². The zero-order valence-electron chi connectivity index (χ0n) is 15.6. The topological polar surface area (TPSA) is 67.7 Å². The number of hydrogen-bond acceptors (Lipinski definition) is 4. The highest BCUT2D eigenvalue weighted by molar-refractivity contribution is 6.32. The summed E-state index contributed by atoms with van der Waals surface area (Å²) in [6, 6.07) is 0. The zero-order chi connectivity index (χ0) is 20.7. The molecule has 2 aliphatic heterocycles. The Morgan fingerprint density at radius 2 is 1.89 bits per heavy atom. The first-order chi connectivity index (χ1) is 13.0. The first kappa shape index (κ1) is 20.8. The third kappa shape index (κ3) is 3.92. The first-order valence-electron chi connectivity index (χ1n) is 9.07. The molecule has 0 saturated carbocycles. The molecule has 1 atom stereocenters. The van der Waals surface area contributed by atoms with E-state index in [0.717, 1.165) is 19.8 Å². The highest BCUT2D eigenvalue weighted by Gasteiger charge is 2.47. The third-order valence-corrected chi connectivity index (χ3v) is 5.83. The van der Waals surface area contributed by atoms with Gasteiger partial charge in [-0.25, -0.2) is 4.79 Å². The lowest BCUT2D eigenvalue weighted by Crippen LogP contribution is -2.55. The molecule has 0 aromatic carbocycles. The van der Waals surface area contributed by atoms with E-state index in [2.05, 4.69) is 9.84 Å². The minimum absolute atomic E-state index is 0.136. The van der Waals surface area contributed by atoms with Crippen LogP contribution in [0.25, 0.3) is 0 Å². The number of aryl methyl sites for hydroxylation is 1. The number of carbonyl (C=O) groups excluding carboxylic acids is 2. The van der Waals surface area contributed by atoms with Crippen molar-refractivity contribution in [3.05, 3.63) is 16.9 Å². The molecule has 2 aliphatic rings. The van der Waals surface area contributed by atoms with Crippen LogP contribution < -0.4 is 0 Å². The van der Waals surface area contributed by atoms with Gasteiger partial charge in [0.05, 0.1) is 5.56 Å². The van der Waals surface area contributed by atoms with Gasteiger partial charge in [0.15, 0.2) is 11.3 Å². The van der Waals surface area contributed by atoms with Crippen molar-refractivity contribution >= 4 is 23.6 Å². The summed E-state index contributed by atoms with van der Waals surface area (Å²) in [6.07, 6.45) is -3.61. The smallest absolute Gasteiger partial charge is 0.425 e. The Kier molecular flexibility index (Phi) is 5.53. The van der Waals surface area contributed by atoms with Crippen LogP contribution in [0.15, 0.2) is 6.20 Å². The summed E-state index contributed by atoms with van der Waals surface area (Å²) < 4.78 is 43.8. The van der Waals surface area contributed by atoms with E-state index in [1.807, 2.05) is 0 Å². The second-order valence-electron chi connectivity index (χ2n) is 7.35. The molecule has 1 aromatic rings. The third-order valence-electron chi connectivity index (χ3n) is 5.55. The monoisotopic (exact) mass is 422 g/mol. The van der Waals surface area contributed by atoms with Crippen molar-refractivity contribution in [2.45, 2.75) is 50.4 Å². The predicted octanol–water partition coefficient (Wildman–Crippen LogP) is 3.23. The van der Waals surface area contributed by atoms with Gasteiger partial charge < -0.3 is 14.5 Å². The first-order valence-corrected chi connectivity index (χ1v) is 9.45. The average molecular weight is 423 g/mol. The van der Waals surface area contributed by atoms with E-state index in [0.29, 0.717) is 24.9 Å². The van der Waals surface area contributed by atoms with Gasteiger partial charge in [-0.15, -0.1) is 0 Å². The Bertz CT molecular complexity index is 759. The van der Waals surface area contributed by atoms with Crippen LogP contribution >= 0.6 is 11.6 Å². The van der Waals surface area contributed by atoms with Crippen LogP contribution in [0.4, 0.5) is 18.0 Å². The molecular formula is C17H22ClF3N4O3. The van der Waals surface area contributed by atoms with Crippen LogP contribution in [0.3, 0.4) is 0 Å². The van der Waals surface area contributed by atoms with Crippen molar-refractivity contribution < 1.29 is 27.5 Å². The van der Waals surface area contributed by atoms with Crippen molar-refractivity contribution in [3.8, 4) is 0 Å². The van der Waals surface area contributed by atoms with Gasteiger partial charge in [-0.1, -0.05) is 11.6 Å². The van der Waals surface area contributed by atoms with Gasteiger partial charge in [-0.3, -0.25) is 9.48 Å². The lowest BCUT2D eigenvalue weighted by molar-refractivity contribution is -0.200. The number of halogens is 4. The van der Waals surface area contributed by atoms with E-state index < -0.39 is 23.9 Å². The van der Waals surface area contributed by atoms with E-state index in [1.165, 1.54) is 9.58 Å². The van der Waals surface area contributed by atoms with Crippen molar-refractivity contribution in [1.82, 2.24) is 19.6 Å². The van der Waals surface area contributed by atoms with Crippen LogP contribution in [0.5, 0.6) is 0 Å². The second-order valence-corrected chi connectivity index (χ2v) is 7.70. The highest BCUT2D eigenvalue weighted by Crippen LogP contribution is 2.40. The van der Waals surface area contributed by atoms with Gasteiger partial charge in [-0.05, 0) is 32.6 Å². The Balaban J connectivity index is 1.66. The molecule has 2 fully saturated rings. The Hall–Kier alpha value is -1.97. The molecule has 1 unspecified atom stereocenters. The molecule has 3 rings (SSSR count). The normalized spacial score (nSPS) is 20.5. The minimum Gasteiger partial charge on any atom is -0.437 e. The molecule has 0 radical (unpaired) electrons. The van der Waals surface area contributed by atoms with Gasteiger partial charge in [0, 0.05) is 38.4 Å². The summed E-state index contributed by atoms with van der Waals surface area (Å²) in [5.41, 5.74) is -0.103. The number of hydrogen-bond donors (Lipinski definition) is 0. The summed E-state index contributed by atoms with van der Waals surface area (Å²) in [7, 11) is 1.68. The number of alkyl halides is 3. The molecule has 156 valence electrons. The maximum atomic E-state index is 13.0.